The predicted octanol–water partition coefficient (Wildman–Crippen LogP) is 1.45. The van der Waals surface area contributed by atoms with Gasteiger partial charge in [-0.05, 0) is 49.4 Å². The van der Waals surface area contributed by atoms with Crippen molar-refractivity contribution >= 4 is 11.9 Å². The summed E-state index contributed by atoms with van der Waals surface area (Å²) >= 11 is 0. The molecule has 1 amide bonds. The molecule has 0 spiro atoms. The summed E-state index contributed by atoms with van der Waals surface area (Å²) in [6.07, 6.45) is 2.18. The van der Waals surface area contributed by atoms with Gasteiger partial charge in [-0.15, -0.1) is 0 Å². The van der Waals surface area contributed by atoms with Crippen LogP contribution in [0.5, 0.6) is 0 Å². The molecule has 8 heteroatoms. The van der Waals surface area contributed by atoms with Crippen molar-refractivity contribution in [3.05, 3.63) is 71.5 Å². The topological polar surface area (TPSA) is 117 Å². The number of aliphatic hydroxyl groups is 1. The summed E-state index contributed by atoms with van der Waals surface area (Å²) in [5, 5.41) is 24.9. The van der Waals surface area contributed by atoms with E-state index >= 15 is 0 Å². The van der Waals surface area contributed by atoms with E-state index in [0.717, 1.165) is 17.0 Å². The molecule has 0 unspecified atom stereocenters. The molecule has 0 aliphatic heterocycles. The van der Waals surface area contributed by atoms with Crippen LogP contribution in [0.4, 0.5) is 0 Å². The first kappa shape index (κ1) is 20.8. The number of aryl methyl sites for hydroxylation is 1. The lowest BCUT2D eigenvalue weighted by molar-refractivity contribution is -0.141. The molecule has 2 aromatic heterocycles. The molecule has 0 saturated heterocycles. The van der Waals surface area contributed by atoms with Gasteiger partial charge in [-0.3, -0.25) is 14.5 Å². The Balaban J connectivity index is 1.68. The number of carbonyl (C=O) groups is 2. The number of rotatable bonds is 5. The Bertz CT molecular complexity index is 1110. The van der Waals surface area contributed by atoms with Gasteiger partial charge in [0.1, 0.15) is 0 Å². The largest absolute Gasteiger partial charge is 0.480 e. The van der Waals surface area contributed by atoms with Crippen molar-refractivity contribution in [2.24, 2.45) is 7.05 Å². The number of nitrogens with one attached hydrogen (secondary N) is 1. The minimum Gasteiger partial charge on any atom is -0.480 e. The Morgan fingerprint density at radius 1 is 1.07 bits per heavy atom. The van der Waals surface area contributed by atoms with Crippen molar-refractivity contribution in [3.63, 3.8) is 0 Å². The second-order valence-electron chi connectivity index (χ2n) is 6.63. The Labute approximate surface area is 173 Å². The third-order valence-electron chi connectivity index (χ3n) is 4.38. The lowest BCUT2D eigenvalue weighted by atomic mass is 10.1. The molecule has 0 aliphatic carbocycles. The lowest BCUT2D eigenvalue weighted by Gasteiger charge is -2.16. The Kier molecular flexibility index (Phi) is 6.25. The number of benzene rings is 1. The van der Waals surface area contributed by atoms with Crippen molar-refractivity contribution in [1.29, 1.82) is 0 Å². The van der Waals surface area contributed by atoms with Crippen LogP contribution >= 0.6 is 0 Å². The fourth-order valence-electron chi connectivity index (χ4n) is 2.71. The fourth-order valence-corrected chi connectivity index (χ4v) is 2.71. The molecule has 8 nitrogen and oxygen atoms in total. The highest BCUT2D eigenvalue weighted by atomic mass is 16.4. The molecule has 0 aliphatic rings. The van der Waals surface area contributed by atoms with E-state index in [1.165, 1.54) is 6.92 Å². The summed E-state index contributed by atoms with van der Waals surface area (Å²) in [4.78, 5) is 27.7. The van der Waals surface area contributed by atoms with E-state index in [-0.39, 0.29) is 5.56 Å². The third-order valence-corrected chi connectivity index (χ3v) is 4.38. The van der Waals surface area contributed by atoms with Crippen molar-refractivity contribution < 1.29 is 19.8 Å². The van der Waals surface area contributed by atoms with Crippen LogP contribution in [0.1, 0.15) is 28.4 Å². The minimum absolute atomic E-state index is 0.273. The summed E-state index contributed by atoms with van der Waals surface area (Å²) in [6, 6.07) is 10.7. The molecule has 1 aromatic carbocycles. The Morgan fingerprint density at radius 2 is 1.73 bits per heavy atom. The average Bonchev–Trinajstić information content (AvgIpc) is 3.16. The maximum absolute atomic E-state index is 12.2. The number of amides is 1. The van der Waals surface area contributed by atoms with Gasteiger partial charge in [-0.1, -0.05) is 11.8 Å². The van der Waals surface area contributed by atoms with Crippen LogP contribution in [0.3, 0.4) is 0 Å². The molecule has 152 valence electrons. The van der Waals surface area contributed by atoms with Crippen LogP contribution < -0.4 is 5.32 Å². The zero-order chi connectivity index (χ0) is 21.7. The highest BCUT2D eigenvalue weighted by Gasteiger charge is 2.25. The maximum Gasteiger partial charge on any atom is 0.328 e. The zero-order valence-corrected chi connectivity index (χ0v) is 16.4. The van der Waals surface area contributed by atoms with E-state index in [0.29, 0.717) is 5.56 Å². The number of aliphatic hydroxyl groups excluding tert-OH is 1. The highest BCUT2D eigenvalue weighted by Crippen LogP contribution is 2.15. The van der Waals surface area contributed by atoms with Crippen LogP contribution in [0.2, 0.25) is 0 Å². The van der Waals surface area contributed by atoms with Gasteiger partial charge in [0.15, 0.2) is 6.04 Å². The number of carboxylic acids is 1. The fraction of sp³-hybridized carbons (Fsp3) is 0.182. The van der Waals surface area contributed by atoms with Crippen molar-refractivity contribution in [1.82, 2.24) is 20.1 Å². The molecule has 2 atom stereocenters. The quantitative estimate of drug-likeness (QED) is 0.554. The van der Waals surface area contributed by atoms with Crippen molar-refractivity contribution in [2.75, 3.05) is 0 Å². The van der Waals surface area contributed by atoms with Crippen LogP contribution in [0, 0.1) is 11.8 Å². The molecule has 0 saturated carbocycles. The van der Waals surface area contributed by atoms with Crippen molar-refractivity contribution in [3.8, 4) is 23.2 Å². The number of hydrogen-bond donors (Lipinski definition) is 3. The third kappa shape index (κ3) is 4.90. The number of aromatic nitrogens is 3. The lowest BCUT2D eigenvalue weighted by Crippen LogP contribution is -2.47. The van der Waals surface area contributed by atoms with Gasteiger partial charge in [0.2, 0.25) is 0 Å². The first-order chi connectivity index (χ1) is 14.3. The molecule has 0 fully saturated rings. The summed E-state index contributed by atoms with van der Waals surface area (Å²) in [6.45, 7) is 1.30. The van der Waals surface area contributed by atoms with Crippen LogP contribution in [0.15, 0.2) is 54.9 Å². The van der Waals surface area contributed by atoms with Gasteiger partial charge >= 0.3 is 5.97 Å². The van der Waals surface area contributed by atoms with E-state index in [1.54, 1.807) is 41.3 Å². The molecule has 0 bridgehead atoms. The SMILES string of the molecule is C[C@@H](O)[C@H](NC(=O)c1ccc(C#Cc2ccc(-c3ccnn3C)nc2)cc1)C(=O)O. The average molecular weight is 404 g/mol. The Morgan fingerprint density at radius 3 is 2.27 bits per heavy atom. The summed E-state index contributed by atoms with van der Waals surface area (Å²) in [5.41, 5.74) is 3.41. The summed E-state index contributed by atoms with van der Waals surface area (Å²) < 4.78 is 1.74. The van der Waals surface area contributed by atoms with E-state index in [1.807, 2.05) is 25.2 Å². The molecule has 30 heavy (non-hydrogen) atoms. The number of carbonyl (C=O) groups excluding carboxylic acids is 1. The first-order valence-corrected chi connectivity index (χ1v) is 9.13. The minimum atomic E-state index is -1.38. The second-order valence-corrected chi connectivity index (χ2v) is 6.63. The van der Waals surface area contributed by atoms with Gasteiger partial charge in [0.25, 0.3) is 5.91 Å². The monoisotopic (exact) mass is 404 g/mol. The number of carboxylic acid groups (broad SMARTS) is 1. The Hall–Kier alpha value is -3.96. The molecular formula is C22H20N4O4. The maximum atomic E-state index is 12.2. The van der Waals surface area contributed by atoms with E-state index in [4.69, 9.17) is 5.11 Å². The van der Waals surface area contributed by atoms with Crippen molar-refractivity contribution in [2.45, 2.75) is 19.1 Å². The standard InChI is InChI=1S/C22H20N4O4/c1-14(27)20(22(29)30)25-21(28)17-8-5-15(6-9-17)3-4-16-7-10-18(23-13-16)19-11-12-24-26(19)2/h5-14,20,27H,1-2H3,(H,25,28)(H,29,30)/t14-,20+/m1/s1. The first-order valence-electron chi connectivity index (χ1n) is 9.13. The van der Waals surface area contributed by atoms with Gasteiger partial charge in [0.05, 0.1) is 17.5 Å². The number of aliphatic carboxylic acids is 1. The summed E-state index contributed by atoms with van der Waals surface area (Å²) in [5.74, 6) is 4.12. The van der Waals surface area contributed by atoms with E-state index in [2.05, 4.69) is 27.2 Å². The number of hydrogen-bond acceptors (Lipinski definition) is 5. The number of pyridine rings is 1. The molecule has 3 aromatic rings. The highest BCUT2D eigenvalue weighted by molar-refractivity contribution is 5.96. The summed E-state index contributed by atoms with van der Waals surface area (Å²) in [7, 11) is 1.85. The van der Waals surface area contributed by atoms with Crippen LogP contribution in [-0.2, 0) is 11.8 Å². The van der Waals surface area contributed by atoms with E-state index in [9.17, 15) is 14.7 Å². The normalized spacial score (nSPS) is 12.4. The molecule has 3 rings (SSSR count). The van der Waals surface area contributed by atoms with Gasteiger partial charge in [-0.2, -0.15) is 5.10 Å². The van der Waals surface area contributed by atoms with Gasteiger partial charge in [-0.25, -0.2) is 4.79 Å². The molecule has 2 heterocycles. The molecule has 3 N–H and O–H groups in total. The van der Waals surface area contributed by atoms with Gasteiger partial charge in [0, 0.05) is 36.1 Å². The molecular weight excluding hydrogens is 384 g/mol. The predicted molar refractivity (Wildman–Crippen MR) is 109 cm³/mol. The number of nitrogens with zero attached hydrogens (tertiary/aromatic N) is 3. The zero-order valence-electron chi connectivity index (χ0n) is 16.4. The van der Waals surface area contributed by atoms with Crippen LogP contribution in [-0.4, -0.2) is 49.0 Å². The van der Waals surface area contributed by atoms with Crippen LogP contribution in [0.25, 0.3) is 11.4 Å². The second kappa shape index (κ2) is 9.03. The van der Waals surface area contributed by atoms with Gasteiger partial charge < -0.3 is 15.5 Å². The molecule has 0 radical (unpaired) electrons. The smallest absolute Gasteiger partial charge is 0.328 e. The van der Waals surface area contributed by atoms with E-state index < -0.39 is 24.0 Å².